The Morgan fingerprint density at radius 1 is 1.43 bits per heavy atom. The fourth-order valence-corrected chi connectivity index (χ4v) is 3.22. The molecule has 0 aromatic heterocycles. The van der Waals surface area contributed by atoms with Crippen molar-refractivity contribution in [2.24, 2.45) is 0 Å². The van der Waals surface area contributed by atoms with Gasteiger partial charge in [0.1, 0.15) is 12.1 Å². The number of carbonyl (C=O) groups excluding carboxylic acids is 2. The van der Waals surface area contributed by atoms with E-state index in [1.54, 1.807) is 13.8 Å². The lowest BCUT2D eigenvalue weighted by Crippen LogP contribution is -2.46. The van der Waals surface area contributed by atoms with Crippen molar-refractivity contribution in [1.82, 2.24) is 4.31 Å². The minimum Gasteiger partial charge on any atom is -0.465 e. The van der Waals surface area contributed by atoms with E-state index in [9.17, 15) is 13.8 Å². The monoisotopic (exact) mass is 311 g/mol. The zero-order valence-electron chi connectivity index (χ0n) is 11.9. The molecule has 114 valence electrons. The molecule has 21 heavy (non-hydrogen) atoms. The molecule has 1 aromatic carbocycles. The van der Waals surface area contributed by atoms with Crippen LogP contribution in [0, 0.1) is 0 Å². The van der Waals surface area contributed by atoms with Crippen LogP contribution in [0.25, 0.3) is 0 Å². The van der Waals surface area contributed by atoms with E-state index in [2.05, 4.69) is 4.18 Å². The number of rotatable bonds is 5. The topological polar surface area (TPSA) is 72.9 Å². The average molecular weight is 311 g/mol. The van der Waals surface area contributed by atoms with Gasteiger partial charge in [0.15, 0.2) is 0 Å². The van der Waals surface area contributed by atoms with Gasteiger partial charge >= 0.3 is 11.9 Å². The van der Waals surface area contributed by atoms with Crippen molar-refractivity contribution in [3.8, 4) is 0 Å². The lowest BCUT2D eigenvalue weighted by Gasteiger charge is -2.24. The summed E-state index contributed by atoms with van der Waals surface area (Å²) in [6.45, 7) is 3.47. The van der Waals surface area contributed by atoms with Gasteiger partial charge in [0, 0.05) is 0 Å². The van der Waals surface area contributed by atoms with Gasteiger partial charge in [-0.05, 0) is 25.8 Å². The minimum absolute atomic E-state index is 0.216. The van der Waals surface area contributed by atoms with Gasteiger partial charge in [-0.1, -0.05) is 30.3 Å². The Hall–Kier alpha value is -1.73. The molecule has 0 radical (unpaired) electrons. The quantitative estimate of drug-likeness (QED) is 0.758. The highest BCUT2D eigenvalue weighted by Crippen LogP contribution is 2.23. The number of benzene rings is 1. The second-order valence-corrected chi connectivity index (χ2v) is 5.64. The Kier molecular flexibility index (Phi) is 5.08. The van der Waals surface area contributed by atoms with Crippen LogP contribution in [0.2, 0.25) is 0 Å². The highest BCUT2D eigenvalue weighted by molar-refractivity contribution is 7.78. The van der Waals surface area contributed by atoms with E-state index in [-0.39, 0.29) is 6.61 Å². The number of nitrogens with zero attached hydrogens (tertiary/aromatic N) is 1. The van der Waals surface area contributed by atoms with Gasteiger partial charge in [-0.2, -0.15) is 8.51 Å². The van der Waals surface area contributed by atoms with Crippen LogP contribution in [0.4, 0.5) is 0 Å². The van der Waals surface area contributed by atoms with E-state index >= 15 is 0 Å². The van der Waals surface area contributed by atoms with Crippen LogP contribution in [0.15, 0.2) is 30.3 Å². The Labute approximate surface area is 125 Å². The molecule has 0 saturated carbocycles. The zero-order valence-corrected chi connectivity index (χ0v) is 12.7. The second-order valence-electron chi connectivity index (χ2n) is 4.61. The third-order valence-electron chi connectivity index (χ3n) is 3.19. The van der Waals surface area contributed by atoms with E-state index in [0.29, 0.717) is 6.42 Å². The summed E-state index contributed by atoms with van der Waals surface area (Å²) < 4.78 is 22.9. The number of hydrogen-bond donors (Lipinski definition) is 0. The molecule has 0 amide bonds. The predicted octanol–water partition coefficient (Wildman–Crippen LogP) is 0.987. The fourth-order valence-electron chi connectivity index (χ4n) is 2.14. The Bertz CT molecular complexity index is 548. The molecule has 6 nitrogen and oxygen atoms in total. The molecular weight excluding hydrogens is 294 g/mol. The number of hydrogen-bond acceptors (Lipinski definition) is 5. The molecule has 0 bridgehead atoms. The first-order valence-corrected chi connectivity index (χ1v) is 7.70. The first kappa shape index (κ1) is 15.7. The maximum absolute atomic E-state index is 12.2. The van der Waals surface area contributed by atoms with E-state index in [1.165, 1.54) is 4.31 Å². The highest BCUT2D eigenvalue weighted by atomic mass is 32.2. The SMILES string of the molecule is CCOC(=O)[C@H](Cc1ccccc1)N1[C@@H](C)C(=O)OS1=O. The summed E-state index contributed by atoms with van der Waals surface area (Å²) in [6, 6.07) is 7.72. The smallest absolute Gasteiger partial charge is 0.339 e. The van der Waals surface area contributed by atoms with E-state index in [4.69, 9.17) is 4.74 Å². The molecule has 1 aliphatic heterocycles. The molecule has 7 heteroatoms. The van der Waals surface area contributed by atoms with Crippen molar-refractivity contribution in [2.75, 3.05) is 6.61 Å². The molecule has 0 aliphatic carbocycles. The van der Waals surface area contributed by atoms with Crippen LogP contribution in [0.1, 0.15) is 19.4 Å². The number of esters is 1. The van der Waals surface area contributed by atoms with Crippen LogP contribution in [-0.2, 0) is 36.2 Å². The van der Waals surface area contributed by atoms with E-state index in [0.717, 1.165) is 5.56 Å². The number of ether oxygens (including phenoxy) is 1. The molecule has 2 rings (SSSR count). The highest BCUT2D eigenvalue weighted by Gasteiger charge is 2.45. The summed E-state index contributed by atoms with van der Waals surface area (Å²) in [5.74, 6) is -1.12. The van der Waals surface area contributed by atoms with Crippen LogP contribution in [-0.4, -0.2) is 39.1 Å². The molecule has 1 aliphatic rings. The van der Waals surface area contributed by atoms with Crippen LogP contribution < -0.4 is 0 Å². The Morgan fingerprint density at radius 3 is 2.62 bits per heavy atom. The Balaban J connectivity index is 2.26. The van der Waals surface area contributed by atoms with Gasteiger partial charge < -0.3 is 8.92 Å². The van der Waals surface area contributed by atoms with Crippen LogP contribution in [0.5, 0.6) is 0 Å². The van der Waals surface area contributed by atoms with Crippen molar-refractivity contribution < 1.29 is 22.7 Å². The van der Waals surface area contributed by atoms with E-state index in [1.807, 2.05) is 30.3 Å². The zero-order chi connectivity index (χ0) is 15.4. The normalized spacial score (nSPS) is 23.6. The van der Waals surface area contributed by atoms with Gasteiger partial charge in [-0.3, -0.25) is 4.79 Å². The molecule has 1 saturated heterocycles. The summed E-state index contributed by atoms with van der Waals surface area (Å²) >= 11 is -1.97. The largest absolute Gasteiger partial charge is 0.465 e. The van der Waals surface area contributed by atoms with Crippen molar-refractivity contribution in [2.45, 2.75) is 32.4 Å². The summed E-state index contributed by atoms with van der Waals surface area (Å²) in [5, 5.41) is 0. The summed E-state index contributed by atoms with van der Waals surface area (Å²) in [5.41, 5.74) is 0.888. The van der Waals surface area contributed by atoms with Gasteiger partial charge in [0.05, 0.1) is 6.61 Å². The summed E-state index contributed by atoms with van der Waals surface area (Å²) in [7, 11) is 0. The lowest BCUT2D eigenvalue weighted by atomic mass is 10.1. The molecule has 1 unspecified atom stereocenters. The molecule has 1 aromatic rings. The molecular formula is C14H17NO5S. The second kappa shape index (κ2) is 6.82. The predicted molar refractivity (Wildman–Crippen MR) is 76.1 cm³/mol. The first-order valence-electron chi connectivity index (χ1n) is 6.67. The third kappa shape index (κ3) is 3.48. The molecule has 0 spiro atoms. The fraction of sp³-hybridized carbons (Fsp3) is 0.429. The van der Waals surface area contributed by atoms with Gasteiger partial charge in [-0.25, -0.2) is 4.79 Å². The minimum atomic E-state index is -1.97. The first-order chi connectivity index (χ1) is 10.0. The molecule has 1 heterocycles. The van der Waals surface area contributed by atoms with Crippen molar-refractivity contribution in [3.05, 3.63) is 35.9 Å². The lowest BCUT2D eigenvalue weighted by molar-refractivity contribution is -0.148. The molecule has 0 N–H and O–H groups in total. The summed E-state index contributed by atoms with van der Waals surface area (Å²) in [6.07, 6.45) is 0.298. The standard InChI is InChI=1S/C14H17NO5S/c1-3-19-14(17)12(9-11-7-5-4-6-8-11)15-10(2)13(16)20-21(15)18/h4-8,10,12H,3,9H2,1-2H3/t10-,12-,21?/m0/s1. The summed E-state index contributed by atoms with van der Waals surface area (Å²) in [4.78, 5) is 23.7. The Morgan fingerprint density at radius 2 is 2.10 bits per heavy atom. The van der Waals surface area contributed by atoms with Gasteiger partial charge in [0.2, 0.25) is 0 Å². The maximum atomic E-state index is 12.2. The number of carbonyl (C=O) groups is 2. The maximum Gasteiger partial charge on any atom is 0.339 e. The van der Waals surface area contributed by atoms with Gasteiger partial charge in [0.25, 0.3) is 11.3 Å². The van der Waals surface area contributed by atoms with Gasteiger partial charge in [-0.15, -0.1) is 0 Å². The van der Waals surface area contributed by atoms with Crippen molar-refractivity contribution >= 4 is 23.2 Å². The molecule has 3 atom stereocenters. The van der Waals surface area contributed by atoms with Crippen LogP contribution in [0.3, 0.4) is 0 Å². The van der Waals surface area contributed by atoms with Crippen molar-refractivity contribution in [3.63, 3.8) is 0 Å². The molecule has 1 fully saturated rings. The van der Waals surface area contributed by atoms with Crippen LogP contribution >= 0.6 is 0 Å². The third-order valence-corrected chi connectivity index (χ3v) is 4.41. The van der Waals surface area contributed by atoms with Crippen molar-refractivity contribution in [1.29, 1.82) is 0 Å². The average Bonchev–Trinajstić information content (AvgIpc) is 2.71. The van der Waals surface area contributed by atoms with E-state index < -0.39 is 35.3 Å².